The van der Waals surface area contributed by atoms with Crippen LogP contribution in [0.3, 0.4) is 0 Å². The second kappa shape index (κ2) is 9.54. The SMILES string of the molecule is CC.CC(C)CCc1c(O)c2c(c3c1OC(C)(C)CC3)OCC(c1ccc(O)c(O)c1)C2=O. The summed E-state index contributed by atoms with van der Waals surface area (Å²) >= 11 is 0. The Morgan fingerprint density at radius 2 is 1.79 bits per heavy atom. The van der Waals surface area contributed by atoms with Crippen LogP contribution in [-0.2, 0) is 12.8 Å². The van der Waals surface area contributed by atoms with E-state index in [1.807, 2.05) is 27.7 Å². The highest BCUT2D eigenvalue weighted by atomic mass is 16.5. The lowest BCUT2D eigenvalue weighted by Crippen LogP contribution is -2.35. The van der Waals surface area contributed by atoms with Crippen molar-refractivity contribution in [3.05, 3.63) is 40.5 Å². The number of ether oxygens (including phenoxy) is 2. The maximum atomic E-state index is 13.5. The van der Waals surface area contributed by atoms with E-state index in [2.05, 4.69) is 13.8 Å². The van der Waals surface area contributed by atoms with Crippen molar-refractivity contribution in [3.8, 4) is 28.7 Å². The maximum absolute atomic E-state index is 13.5. The van der Waals surface area contributed by atoms with Crippen molar-refractivity contribution in [1.29, 1.82) is 0 Å². The number of hydrogen-bond donors (Lipinski definition) is 3. The molecule has 2 aromatic rings. The number of carbonyl (C=O) groups is 1. The van der Waals surface area contributed by atoms with E-state index in [0.717, 1.165) is 18.4 Å². The first-order chi connectivity index (χ1) is 15.6. The summed E-state index contributed by atoms with van der Waals surface area (Å²) < 4.78 is 12.3. The molecule has 6 heteroatoms. The molecule has 3 N–H and O–H groups in total. The predicted molar refractivity (Wildman–Crippen MR) is 128 cm³/mol. The Bertz CT molecular complexity index is 1040. The summed E-state index contributed by atoms with van der Waals surface area (Å²) in [5.41, 5.74) is 1.90. The van der Waals surface area contributed by atoms with E-state index >= 15 is 0 Å². The van der Waals surface area contributed by atoms with Gasteiger partial charge in [0.1, 0.15) is 35.0 Å². The Labute approximate surface area is 196 Å². The highest BCUT2D eigenvalue weighted by molar-refractivity contribution is 6.07. The summed E-state index contributed by atoms with van der Waals surface area (Å²) in [6.45, 7) is 12.4. The first-order valence-electron chi connectivity index (χ1n) is 11.9. The molecule has 0 saturated heterocycles. The summed E-state index contributed by atoms with van der Waals surface area (Å²) in [6.07, 6.45) is 2.95. The van der Waals surface area contributed by atoms with Crippen molar-refractivity contribution in [3.63, 3.8) is 0 Å². The minimum Gasteiger partial charge on any atom is -0.507 e. The number of benzene rings is 2. The average molecular weight is 457 g/mol. The van der Waals surface area contributed by atoms with Crippen LogP contribution in [0.1, 0.15) is 87.4 Å². The van der Waals surface area contributed by atoms with Gasteiger partial charge >= 0.3 is 0 Å². The molecule has 180 valence electrons. The van der Waals surface area contributed by atoms with Crippen LogP contribution >= 0.6 is 0 Å². The number of aromatic hydroxyl groups is 3. The molecule has 0 aromatic heterocycles. The average Bonchev–Trinajstić information content (AvgIpc) is 2.76. The molecule has 2 aliphatic rings. The Morgan fingerprint density at radius 3 is 2.42 bits per heavy atom. The second-order valence-corrected chi connectivity index (χ2v) is 9.61. The molecule has 0 bridgehead atoms. The lowest BCUT2D eigenvalue weighted by atomic mass is 9.82. The minimum absolute atomic E-state index is 0.0650. The van der Waals surface area contributed by atoms with Gasteiger partial charge in [0.25, 0.3) is 0 Å². The number of hydrogen-bond acceptors (Lipinski definition) is 6. The van der Waals surface area contributed by atoms with Gasteiger partial charge in [0, 0.05) is 11.1 Å². The van der Waals surface area contributed by atoms with Gasteiger partial charge in [-0.2, -0.15) is 0 Å². The number of phenols is 3. The molecule has 6 nitrogen and oxygen atoms in total. The van der Waals surface area contributed by atoms with Crippen LogP contribution in [0.2, 0.25) is 0 Å². The third-order valence-electron chi connectivity index (χ3n) is 6.26. The second-order valence-electron chi connectivity index (χ2n) is 9.61. The largest absolute Gasteiger partial charge is 0.507 e. The number of Topliss-reactive ketones (excluding diaryl/α,β-unsaturated/α-hetero) is 1. The first-order valence-corrected chi connectivity index (χ1v) is 11.9. The van der Waals surface area contributed by atoms with E-state index in [4.69, 9.17) is 9.47 Å². The molecule has 1 unspecified atom stereocenters. The third-order valence-corrected chi connectivity index (χ3v) is 6.26. The zero-order valence-corrected chi connectivity index (χ0v) is 20.5. The molecule has 33 heavy (non-hydrogen) atoms. The molecule has 2 aliphatic heterocycles. The van der Waals surface area contributed by atoms with Crippen LogP contribution in [-0.4, -0.2) is 33.3 Å². The first kappa shape index (κ1) is 24.7. The number of rotatable bonds is 4. The molecular formula is C27H36O6. The van der Waals surface area contributed by atoms with E-state index in [9.17, 15) is 20.1 Å². The van der Waals surface area contributed by atoms with Crippen LogP contribution < -0.4 is 9.47 Å². The molecular weight excluding hydrogens is 420 g/mol. The van der Waals surface area contributed by atoms with Crippen molar-refractivity contribution in [2.75, 3.05) is 6.61 Å². The fourth-order valence-corrected chi connectivity index (χ4v) is 4.38. The molecule has 2 heterocycles. The summed E-state index contributed by atoms with van der Waals surface area (Å²) in [6, 6.07) is 4.31. The van der Waals surface area contributed by atoms with E-state index in [0.29, 0.717) is 41.4 Å². The van der Waals surface area contributed by atoms with Crippen molar-refractivity contribution in [2.45, 2.75) is 78.7 Å². The molecule has 0 amide bonds. The van der Waals surface area contributed by atoms with Crippen molar-refractivity contribution < 1.29 is 29.6 Å². The Kier molecular flexibility index (Phi) is 7.15. The molecule has 1 atom stereocenters. The molecule has 0 saturated carbocycles. The van der Waals surface area contributed by atoms with Gasteiger partial charge in [-0.25, -0.2) is 0 Å². The van der Waals surface area contributed by atoms with E-state index < -0.39 is 5.92 Å². The number of carbonyl (C=O) groups excluding carboxylic acids is 1. The highest BCUT2D eigenvalue weighted by Gasteiger charge is 2.40. The Balaban J connectivity index is 0.00000149. The van der Waals surface area contributed by atoms with Crippen molar-refractivity contribution in [2.24, 2.45) is 5.92 Å². The van der Waals surface area contributed by atoms with Crippen LogP contribution in [0.5, 0.6) is 28.7 Å². The number of ketones is 1. The van der Waals surface area contributed by atoms with Crippen LogP contribution in [0.15, 0.2) is 18.2 Å². The third kappa shape index (κ3) is 4.75. The van der Waals surface area contributed by atoms with E-state index in [1.54, 1.807) is 6.07 Å². The van der Waals surface area contributed by atoms with Gasteiger partial charge in [-0.3, -0.25) is 4.79 Å². The molecule has 4 rings (SSSR count). The van der Waals surface area contributed by atoms with E-state index in [1.165, 1.54) is 12.1 Å². The minimum atomic E-state index is -0.679. The summed E-state index contributed by atoms with van der Waals surface area (Å²) in [4.78, 5) is 13.5. The summed E-state index contributed by atoms with van der Waals surface area (Å²) in [7, 11) is 0. The fraction of sp³-hybridized carbons (Fsp3) is 0.519. The van der Waals surface area contributed by atoms with Gasteiger partial charge in [0.05, 0.1) is 5.92 Å². The number of phenolic OH excluding ortho intramolecular Hbond substituents is 3. The van der Waals surface area contributed by atoms with Gasteiger partial charge in [-0.15, -0.1) is 0 Å². The Morgan fingerprint density at radius 1 is 1.09 bits per heavy atom. The lowest BCUT2D eigenvalue weighted by Gasteiger charge is -2.37. The standard InChI is InChI=1S/C25H30O6.C2H6/c1-13(2)5-7-15-21(28)20-22(29)17(14-6-8-18(26)19(27)11-14)12-30-24(20)16-9-10-25(3,4)31-23(15)16;1-2/h6,8,11,13,17,26-28H,5,7,9-10,12H2,1-4H3;1-2H3. The van der Waals surface area contributed by atoms with Crippen LogP contribution in [0, 0.1) is 5.92 Å². The zero-order valence-electron chi connectivity index (χ0n) is 20.5. The van der Waals surface area contributed by atoms with Gasteiger partial charge in [-0.05, 0) is 63.1 Å². The zero-order chi connectivity index (χ0) is 24.5. The smallest absolute Gasteiger partial charge is 0.181 e. The molecule has 0 aliphatic carbocycles. The Hall–Kier alpha value is -2.89. The fourth-order valence-electron chi connectivity index (χ4n) is 4.38. The maximum Gasteiger partial charge on any atom is 0.181 e. The van der Waals surface area contributed by atoms with E-state index in [-0.39, 0.29) is 40.8 Å². The molecule has 0 radical (unpaired) electrons. The van der Waals surface area contributed by atoms with Gasteiger partial charge in [-0.1, -0.05) is 33.8 Å². The summed E-state index contributed by atoms with van der Waals surface area (Å²) in [5.74, 6) is -0.0292. The van der Waals surface area contributed by atoms with Crippen molar-refractivity contribution >= 4 is 5.78 Å². The molecule has 2 aromatic carbocycles. The van der Waals surface area contributed by atoms with Crippen molar-refractivity contribution in [1.82, 2.24) is 0 Å². The summed E-state index contributed by atoms with van der Waals surface area (Å²) in [5, 5.41) is 30.7. The van der Waals surface area contributed by atoms with Crippen LogP contribution in [0.25, 0.3) is 0 Å². The van der Waals surface area contributed by atoms with Crippen LogP contribution in [0.4, 0.5) is 0 Å². The normalized spacial score (nSPS) is 18.4. The molecule has 0 spiro atoms. The van der Waals surface area contributed by atoms with Gasteiger partial charge in [0.15, 0.2) is 17.3 Å². The quantitative estimate of drug-likeness (QED) is 0.497. The highest BCUT2D eigenvalue weighted by Crippen LogP contribution is 2.51. The number of fused-ring (bicyclic) bond motifs is 3. The topological polar surface area (TPSA) is 96.2 Å². The lowest BCUT2D eigenvalue weighted by molar-refractivity contribution is 0.0785. The predicted octanol–water partition coefficient (Wildman–Crippen LogP) is 5.88. The monoisotopic (exact) mass is 456 g/mol. The van der Waals surface area contributed by atoms with Gasteiger partial charge in [0.2, 0.25) is 0 Å². The van der Waals surface area contributed by atoms with Gasteiger partial charge < -0.3 is 24.8 Å². The molecule has 0 fully saturated rings.